The normalized spacial score (nSPS) is 11.6. The third-order valence-corrected chi connectivity index (χ3v) is 4.51. The summed E-state index contributed by atoms with van der Waals surface area (Å²) < 4.78 is 5.30. The summed E-state index contributed by atoms with van der Waals surface area (Å²) in [5.41, 5.74) is 0.958. The topological polar surface area (TPSA) is 9.23 Å². The van der Waals surface area contributed by atoms with Gasteiger partial charge in [-0.1, -0.05) is 25.5 Å². The van der Waals surface area contributed by atoms with E-state index in [1.807, 2.05) is 13.8 Å². The fourth-order valence-electron chi connectivity index (χ4n) is 0.592. The first-order valence-electron chi connectivity index (χ1n) is 3.64. The highest BCUT2D eigenvalue weighted by Crippen LogP contribution is 2.23. The molecule has 11 heavy (non-hydrogen) atoms. The van der Waals surface area contributed by atoms with Gasteiger partial charge in [-0.15, -0.1) is 22.2 Å². The molecular formula is C7H14Cl2OSi. The molecule has 0 aliphatic heterocycles. The minimum atomic E-state index is -2.38. The first-order chi connectivity index (χ1) is 4.98. The number of hydrogen-bond acceptors (Lipinski definition) is 1. The molecule has 0 aliphatic rings. The molecular weight excluding hydrogens is 199 g/mol. The van der Waals surface area contributed by atoms with Crippen LogP contribution in [-0.2, 0) is 4.43 Å². The summed E-state index contributed by atoms with van der Waals surface area (Å²) in [7, 11) is 0. The van der Waals surface area contributed by atoms with E-state index in [-0.39, 0.29) is 0 Å². The molecule has 4 heteroatoms. The fourth-order valence-corrected chi connectivity index (χ4v) is 3.24. The highest BCUT2D eigenvalue weighted by molar-refractivity contribution is 7.42. The molecule has 0 radical (unpaired) electrons. The second kappa shape index (κ2) is 5.20. The van der Waals surface area contributed by atoms with E-state index in [2.05, 4.69) is 6.58 Å². The minimum absolute atomic E-state index is 0.485. The minimum Gasteiger partial charge on any atom is -0.388 e. The zero-order valence-corrected chi connectivity index (χ0v) is 9.50. The van der Waals surface area contributed by atoms with Crippen LogP contribution in [0.4, 0.5) is 0 Å². The third kappa shape index (κ3) is 6.88. The Labute approximate surface area is 78.9 Å². The Kier molecular flexibility index (Phi) is 5.43. The van der Waals surface area contributed by atoms with Gasteiger partial charge in [0.25, 0.3) is 0 Å². The van der Waals surface area contributed by atoms with Gasteiger partial charge >= 0.3 is 6.94 Å². The van der Waals surface area contributed by atoms with Crippen molar-refractivity contribution in [1.29, 1.82) is 0 Å². The van der Waals surface area contributed by atoms with E-state index in [4.69, 9.17) is 26.6 Å². The maximum atomic E-state index is 5.92. The molecule has 0 fully saturated rings. The molecule has 1 nitrogen and oxygen atoms in total. The monoisotopic (exact) mass is 212 g/mol. The quantitative estimate of drug-likeness (QED) is 0.386. The first kappa shape index (κ1) is 11.5. The highest BCUT2D eigenvalue weighted by Gasteiger charge is 2.28. The van der Waals surface area contributed by atoms with Crippen molar-refractivity contribution in [3.63, 3.8) is 0 Å². The van der Waals surface area contributed by atoms with Gasteiger partial charge in [0.1, 0.15) is 0 Å². The molecule has 0 aromatic carbocycles. The lowest BCUT2D eigenvalue weighted by Gasteiger charge is -2.15. The molecule has 0 aromatic heterocycles. The van der Waals surface area contributed by atoms with Crippen LogP contribution >= 0.6 is 22.2 Å². The Morgan fingerprint density at radius 3 is 2.45 bits per heavy atom. The number of rotatable bonds is 5. The van der Waals surface area contributed by atoms with E-state index in [0.717, 1.165) is 18.0 Å². The lowest BCUT2D eigenvalue weighted by Crippen LogP contribution is -2.24. The van der Waals surface area contributed by atoms with E-state index in [9.17, 15) is 0 Å². The van der Waals surface area contributed by atoms with Crippen LogP contribution in [-0.4, -0.2) is 13.5 Å². The van der Waals surface area contributed by atoms with Gasteiger partial charge in [-0.05, 0) is 13.0 Å². The maximum Gasteiger partial charge on any atom is 0.389 e. The van der Waals surface area contributed by atoms with Crippen molar-refractivity contribution < 1.29 is 4.43 Å². The van der Waals surface area contributed by atoms with Crippen molar-refractivity contribution in [2.75, 3.05) is 6.61 Å². The van der Waals surface area contributed by atoms with Gasteiger partial charge in [0.05, 0.1) is 6.61 Å². The molecule has 0 bridgehead atoms. The molecule has 0 amide bonds. The van der Waals surface area contributed by atoms with Crippen LogP contribution in [0, 0.1) is 0 Å². The summed E-state index contributed by atoms with van der Waals surface area (Å²) in [6.45, 7) is 5.73. The Balaban J connectivity index is 3.63. The predicted octanol–water partition coefficient (Wildman–Crippen LogP) is 3.41. The molecule has 0 atom stereocenters. The zero-order chi connectivity index (χ0) is 8.91. The van der Waals surface area contributed by atoms with Gasteiger partial charge in [-0.3, -0.25) is 0 Å². The molecule has 0 N–H and O–H groups in total. The molecule has 0 rings (SSSR count). The summed E-state index contributed by atoms with van der Waals surface area (Å²) in [5.74, 6) is 0. The Hall–Kier alpha value is 0.497. The number of halogens is 2. The Morgan fingerprint density at radius 2 is 2.09 bits per heavy atom. The lowest BCUT2D eigenvalue weighted by atomic mass is 10.4. The van der Waals surface area contributed by atoms with E-state index in [1.54, 1.807) is 0 Å². The van der Waals surface area contributed by atoms with Crippen molar-refractivity contribution in [3.05, 3.63) is 12.2 Å². The molecule has 0 aliphatic carbocycles. The first-order valence-corrected chi connectivity index (χ1v) is 7.78. The summed E-state index contributed by atoms with van der Waals surface area (Å²) in [5, 5.41) is 0. The molecule has 0 saturated carbocycles. The summed E-state index contributed by atoms with van der Waals surface area (Å²) in [6, 6.07) is 0.781. The Morgan fingerprint density at radius 1 is 1.55 bits per heavy atom. The molecule has 0 unspecified atom stereocenters. The number of hydrogen-bond donors (Lipinski definition) is 0. The smallest absolute Gasteiger partial charge is 0.388 e. The van der Waals surface area contributed by atoms with Crippen LogP contribution in [0.1, 0.15) is 20.3 Å². The average molecular weight is 213 g/mol. The fraction of sp³-hybridized carbons (Fsp3) is 0.714. The van der Waals surface area contributed by atoms with Crippen molar-refractivity contribution in [2.24, 2.45) is 0 Å². The summed E-state index contributed by atoms with van der Waals surface area (Å²) in [4.78, 5) is 0. The highest BCUT2D eigenvalue weighted by atomic mass is 35.7. The molecule has 0 spiro atoms. The second-order valence-corrected chi connectivity index (χ2v) is 8.94. The molecule has 0 heterocycles. The van der Waals surface area contributed by atoms with Crippen LogP contribution in [0.15, 0.2) is 12.2 Å². The van der Waals surface area contributed by atoms with Crippen LogP contribution in [0.3, 0.4) is 0 Å². The predicted molar refractivity (Wildman–Crippen MR) is 53.3 cm³/mol. The van der Waals surface area contributed by atoms with Gasteiger partial charge in [0, 0.05) is 0 Å². The van der Waals surface area contributed by atoms with Gasteiger partial charge in [0.15, 0.2) is 0 Å². The summed E-state index contributed by atoms with van der Waals surface area (Å²) >= 11 is 11.8. The van der Waals surface area contributed by atoms with Crippen molar-refractivity contribution >= 4 is 29.1 Å². The molecule has 0 saturated heterocycles. The van der Waals surface area contributed by atoms with E-state index < -0.39 is 6.94 Å². The van der Waals surface area contributed by atoms with Crippen LogP contribution < -0.4 is 0 Å². The molecule has 0 aromatic rings. The van der Waals surface area contributed by atoms with E-state index in [0.29, 0.717) is 6.61 Å². The largest absolute Gasteiger partial charge is 0.389 e. The lowest BCUT2D eigenvalue weighted by molar-refractivity contribution is 0.360. The van der Waals surface area contributed by atoms with Crippen LogP contribution in [0.25, 0.3) is 0 Å². The van der Waals surface area contributed by atoms with Crippen molar-refractivity contribution in [1.82, 2.24) is 0 Å². The van der Waals surface area contributed by atoms with Crippen LogP contribution in [0.2, 0.25) is 6.04 Å². The zero-order valence-electron chi connectivity index (χ0n) is 6.99. The maximum absolute atomic E-state index is 5.92. The standard InChI is InChI=1S/C7H14Cl2OSi/c1-4-5-11(8,9)10-6-7(2)3/h2,4-6H2,1,3H3. The SMILES string of the molecule is C=C(C)CO[Si](Cl)(Cl)CCC. The van der Waals surface area contributed by atoms with Crippen LogP contribution in [0.5, 0.6) is 0 Å². The average Bonchev–Trinajstić information content (AvgIpc) is 1.84. The van der Waals surface area contributed by atoms with Crippen molar-refractivity contribution in [3.8, 4) is 0 Å². The van der Waals surface area contributed by atoms with Crippen molar-refractivity contribution in [2.45, 2.75) is 26.3 Å². The van der Waals surface area contributed by atoms with Gasteiger partial charge in [-0.25, -0.2) is 0 Å². The van der Waals surface area contributed by atoms with E-state index >= 15 is 0 Å². The summed E-state index contributed by atoms with van der Waals surface area (Å²) in [6.07, 6.45) is 0.968. The molecule has 66 valence electrons. The second-order valence-electron chi connectivity index (χ2n) is 2.63. The van der Waals surface area contributed by atoms with Gasteiger partial charge in [0.2, 0.25) is 0 Å². The van der Waals surface area contributed by atoms with E-state index in [1.165, 1.54) is 0 Å². The Bertz CT molecular complexity index is 136. The van der Waals surface area contributed by atoms with Gasteiger partial charge in [-0.2, -0.15) is 0 Å². The third-order valence-electron chi connectivity index (χ3n) is 1.07. The van der Waals surface area contributed by atoms with Gasteiger partial charge < -0.3 is 4.43 Å².